The van der Waals surface area contributed by atoms with Gasteiger partial charge in [-0.25, -0.2) is 0 Å². The maximum absolute atomic E-state index is 8.72. The minimum Gasteiger partial charge on any atom is -0.395 e. The van der Waals surface area contributed by atoms with E-state index in [1.165, 1.54) is 12.0 Å². The van der Waals surface area contributed by atoms with E-state index in [0.29, 0.717) is 12.5 Å². The van der Waals surface area contributed by atoms with Crippen LogP contribution in [0, 0.1) is 11.8 Å². The van der Waals surface area contributed by atoms with E-state index in [9.17, 15) is 0 Å². The zero-order valence-electron chi connectivity index (χ0n) is 13.2. The van der Waals surface area contributed by atoms with Crippen molar-refractivity contribution in [3.63, 3.8) is 0 Å². The summed E-state index contributed by atoms with van der Waals surface area (Å²) in [6, 6.07) is 9.17. The molecule has 1 heterocycles. The first-order chi connectivity index (χ1) is 10.2. The maximum Gasteiger partial charge on any atom is 0.0540 e. The van der Waals surface area contributed by atoms with Gasteiger partial charge in [0.25, 0.3) is 0 Å². The van der Waals surface area contributed by atoms with Crippen molar-refractivity contribution in [2.45, 2.75) is 32.4 Å². The molecule has 1 atom stereocenters. The third kappa shape index (κ3) is 4.86. The standard InChI is InChI=1S/C18H26N2O/c1-3-18-15-20(12-11-19(18)2)14-17-9-7-16(8-10-17)6-4-5-13-21/h7-10,18,21H,3,5,11-15H2,1-2H3. The minimum atomic E-state index is 0.132. The predicted octanol–water partition coefficient (Wildman–Crippen LogP) is 1.95. The molecule has 1 aliphatic heterocycles. The monoisotopic (exact) mass is 286 g/mol. The number of benzene rings is 1. The fourth-order valence-corrected chi connectivity index (χ4v) is 2.77. The molecule has 1 fully saturated rings. The molecule has 3 nitrogen and oxygen atoms in total. The van der Waals surface area contributed by atoms with Gasteiger partial charge in [-0.3, -0.25) is 4.90 Å². The largest absolute Gasteiger partial charge is 0.395 e. The van der Waals surface area contributed by atoms with Crippen molar-refractivity contribution < 1.29 is 5.11 Å². The summed E-state index contributed by atoms with van der Waals surface area (Å²) >= 11 is 0. The van der Waals surface area contributed by atoms with Gasteiger partial charge in [0, 0.05) is 44.2 Å². The minimum absolute atomic E-state index is 0.132. The highest BCUT2D eigenvalue weighted by atomic mass is 16.2. The lowest BCUT2D eigenvalue weighted by Gasteiger charge is -2.39. The lowest BCUT2D eigenvalue weighted by molar-refractivity contribution is 0.0884. The second-order valence-corrected chi connectivity index (χ2v) is 5.75. The number of rotatable bonds is 4. The molecule has 1 aromatic rings. The van der Waals surface area contributed by atoms with Crippen molar-refractivity contribution in [2.75, 3.05) is 33.3 Å². The molecular weight excluding hydrogens is 260 g/mol. The molecule has 0 radical (unpaired) electrons. The van der Waals surface area contributed by atoms with E-state index in [2.05, 4.69) is 59.9 Å². The van der Waals surface area contributed by atoms with E-state index >= 15 is 0 Å². The van der Waals surface area contributed by atoms with E-state index in [1.54, 1.807) is 0 Å². The smallest absolute Gasteiger partial charge is 0.0540 e. The van der Waals surface area contributed by atoms with Crippen LogP contribution in [0.3, 0.4) is 0 Å². The second kappa shape index (κ2) is 8.19. The Morgan fingerprint density at radius 1 is 1.24 bits per heavy atom. The summed E-state index contributed by atoms with van der Waals surface area (Å²) < 4.78 is 0. The van der Waals surface area contributed by atoms with Gasteiger partial charge in [-0.1, -0.05) is 30.9 Å². The quantitative estimate of drug-likeness (QED) is 0.857. The van der Waals surface area contributed by atoms with E-state index in [4.69, 9.17) is 5.11 Å². The van der Waals surface area contributed by atoms with E-state index < -0.39 is 0 Å². The van der Waals surface area contributed by atoms with Crippen molar-refractivity contribution in [2.24, 2.45) is 0 Å². The highest BCUT2D eigenvalue weighted by molar-refractivity contribution is 5.36. The molecule has 0 aromatic heterocycles. The topological polar surface area (TPSA) is 26.7 Å². The highest BCUT2D eigenvalue weighted by Crippen LogP contribution is 2.14. The SMILES string of the molecule is CCC1CN(Cc2ccc(C#CCCO)cc2)CCN1C. The molecule has 114 valence electrons. The van der Waals surface area contributed by atoms with Gasteiger partial charge in [-0.05, 0) is 31.2 Å². The first-order valence-corrected chi connectivity index (χ1v) is 7.84. The predicted molar refractivity (Wildman–Crippen MR) is 87.0 cm³/mol. The molecule has 3 heteroatoms. The number of hydrogen-bond donors (Lipinski definition) is 1. The molecule has 0 bridgehead atoms. The molecule has 0 saturated carbocycles. The van der Waals surface area contributed by atoms with E-state index in [1.807, 2.05) is 0 Å². The molecule has 2 rings (SSSR count). The fourth-order valence-electron chi connectivity index (χ4n) is 2.77. The van der Waals surface area contributed by atoms with Gasteiger partial charge >= 0.3 is 0 Å². The zero-order chi connectivity index (χ0) is 15.1. The molecule has 21 heavy (non-hydrogen) atoms. The van der Waals surface area contributed by atoms with Crippen LogP contribution in [0.5, 0.6) is 0 Å². The van der Waals surface area contributed by atoms with Crippen molar-refractivity contribution in [3.8, 4) is 11.8 Å². The first-order valence-electron chi connectivity index (χ1n) is 7.84. The Balaban J connectivity index is 1.90. The average Bonchev–Trinajstić information content (AvgIpc) is 2.51. The number of likely N-dealkylation sites (N-methyl/N-ethyl adjacent to an activating group) is 1. The van der Waals surface area contributed by atoms with Crippen LogP contribution in [0.2, 0.25) is 0 Å². The molecule has 0 spiro atoms. The number of aliphatic hydroxyl groups excluding tert-OH is 1. The summed E-state index contributed by atoms with van der Waals surface area (Å²) in [5, 5.41) is 8.72. The Hall–Kier alpha value is -1.34. The van der Waals surface area contributed by atoms with E-state index in [-0.39, 0.29) is 6.61 Å². The van der Waals surface area contributed by atoms with Crippen molar-refractivity contribution in [3.05, 3.63) is 35.4 Å². The van der Waals surface area contributed by atoms with Gasteiger partial charge in [-0.15, -0.1) is 0 Å². The lowest BCUT2D eigenvalue weighted by Crippen LogP contribution is -2.50. The second-order valence-electron chi connectivity index (χ2n) is 5.75. The molecule has 1 aliphatic rings. The summed E-state index contributed by atoms with van der Waals surface area (Å²) in [7, 11) is 2.23. The summed E-state index contributed by atoms with van der Waals surface area (Å²) in [6.07, 6.45) is 1.76. The van der Waals surface area contributed by atoms with Gasteiger partial charge in [0.15, 0.2) is 0 Å². The average molecular weight is 286 g/mol. The van der Waals surface area contributed by atoms with E-state index in [0.717, 1.165) is 31.7 Å². The molecule has 1 aromatic carbocycles. The molecular formula is C18H26N2O. The number of nitrogens with zero attached hydrogens (tertiary/aromatic N) is 2. The Labute approximate surface area is 128 Å². The van der Waals surface area contributed by atoms with Crippen LogP contribution in [0.4, 0.5) is 0 Å². The van der Waals surface area contributed by atoms with Gasteiger partial charge < -0.3 is 10.0 Å². The van der Waals surface area contributed by atoms with Crippen LogP contribution in [-0.4, -0.2) is 54.2 Å². The third-order valence-corrected chi connectivity index (χ3v) is 4.16. The molecule has 1 unspecified atom stereocenters. The van der Waals surface area contributed by atoms with Crippen molar-refractivity contribution in [1.29, 1.82) is 0 Å². The number of hydrogen-bond acceptors (Lipinski definition) is 3. The summed E-state index contributed by atoms with van der Waals surface area (Å²) in [5.74, 6) is 6.02. The Kier molecular flexibility index (Phi) is 6.25. The Morgan fingerprint density at radius 3 is 2.67 bits per heavy atom. The summed E-state index contributed by atoms with van der Waals surface area (Å²) in [5.41, 5.74) is 2.37. The van der Waals surface area contributed by atoms with Crippen LogP contribution < -0.4 is 0 Å². The molecule has 0 aliphatic carbocycles. The van der Waals surface area contributed by atoms with Crippen LogP contribution >= 0.6 is 0 Å². The van der Waals surface area contributed by atoms with Crippen molar-refractivity contribution >= 4 is 0 Å². The Morgan fingerprint density at radius 2 is 2.00 bits per heavy atom. The van der Waals surface area contributed by atoms with Crippen LogP contribution in [0.15, 0.2) is 24.3 Å². The first kappa shape index (κ1) is 16.0. The number of aliphatic hydroxyl groups is 1. The normalized spacial score (nSPS) is 20.0. The highest BCUT2D eigenvalue weighted by Gasteiger charge is 2.22. The Bertz CT molecular complexity index is 486. The van der Waals surface area contributed by atoms with Gasteiger partial charge in [0.1, 0.15) is 0 Å². The third-order valence-electron chi connectivity index (χ3n) is 4.16. The maximum atomic E-state index is 8.72. The molecule has 1 N–H and O–H groups in total. The van der Waals surface area contributed by atoms with Crippen LogP contribution in [-0.2, 0) is 6.54 Å². The van der Waals surface area contributed by atoms with Crippen LogP contribution in [0.25, 0.3) is 0 Å². The zero-order valence-corrected chi connectivity index (χ0v) is 13.2. The lowest BCUT2D eigenvalue weighted by atomic mass is 10.1. The van der Waals surface area contributed by atoms with Crippen molar-refractivity contribution in [1.82, 2.24) is 9.80 Å². The van der Waals surface area contributed by atoms with Gasteiger partial charge in [0.2, 0.25) is 0 Å². The molecule has 0 amide bonds. The van der Waals surface area contributed by atoms with Gasteiger partial charge in [-0.2, -0.15) is 0 Å². The fraction of sp³-hybridized carbons (Fsp3) is 0.556. The molecule has 1 saturated heterocycles. The van der Waals surface area contributed by atoms with Crippen LogP contribution in [0.1, 0.15) is 30.9 Å². The van der Waals surface area contributed by atoms with Gasteiger partial charge in [0.05, 0.1) is 6.61 Å². The summed E-state index contributed by atoms with van der Waals surface area (Å²) in [4.78, 5) is 5.01. The summed E-state index contributed by atoms with van der Waals surface area (Å²) in [6.45, 7) is 6.88. The number of piperazine rings is 1.